The van der Waals surface area contributed by atoms with E-state index in [0.29, 0.717) is 6.54 Å². The first kappa shape index (κ1) is 14.5. The molecule has 1 amide bonds. The Labute approximate surface area is 127 Å². The van der Waals surface area contributed by atoms with Crippen LogP contribution in [0.3, 0.4) is 0 Å². The zero-order valence-electron chi connectivity index (χ0n) is 12.9. The summed E-state index contributed by atoms with van der Waals surface area (Å²) in [6.45, 7) is 8.92. The summed E-state index contributed by atoms with van der Waals surface area (Å²) in [6.07, 6.45) is 2.17. The maximum absolute atomic E-state index is 12.7. The maximum atomic E-state index is 12.7. The fraction of sp³-hybridized carbons (Fsp3) is 0.588. The lowest BCUT2D eigenvalue weighted by molar-refractivity contribution is -0.120. The van der Waals surface area contributed by atoms with Gasteiger partial charge in [-0.1, -0.05) is 25.1 Å². The Morgan fingerprint density at radius 1 is 1.05 bits per heavy atom. The van der Waals surface area contributed by atoms with E-state index in [1.807, 2.05) is 11.0 Å². The van der Waals surface area contributed by atoms with E-state index >= 15 is 0 Å². The second-order valence-electron chi connectivity index (χ2n) is 5.99. The maximum Gasteiger partial charge on any atom is 0.241 e. The zero-order valence-corrected chi connectivity index (χ0v) is 12.9. The molecule has 3 rings (SSSR count). The Bertz CT molecular complexity index is 495. The van der Waals surface area contributed by atoms with Crippen molar-refractivity contribution in [3.63, 3.8) is 0 Å². The quantitative estimate of drug-likeness (QED) is 0.845. The molecule has 0 atom stereocenters. The molecule has 0 aliphatic carbocycles. The standard InChI is InChI=1S/C17H25N3O/c1-2-18-10-12-19(13-11-18)14-17(21)20-9-5-7-15-6-3-4-8-16(15)20/h3-4,6,8H,2,5,7,9-14H2,1H3. The Hall–Kier alpha value is -1.39. The third-order valence-corrected chi connectivity index (χ3v) is 4.68. The summed E-state index contributed by atoms with van der Waals surface area (Å²) in [5.74, 6) is 0.257. The molecule has 0 spiro atoms. The molecule has 0 radical (unpaired) electrons. The van der Waals surface area contributed by atoms with E-state index in [9.17, 15) is 4.79 Å². The number of aryl methyl sites for hydroxylation is 1. The predicted molar refractivity (Wildman–Crippen MR) is 85.7 cm³/mol. The molecule has 21 heavy (non-hydrogen) atoms. The summed E-state index contributed by atoms with van der Waals surface area (Å²) in [6, 6.07) is 8.33. The van der Waals surface area contributed by atoms with Crippen molar-refractivity contribution in [2.45, 2.75) is 19.8 Å². The minimum atomic E-state index is 0.257. The van der Waals surface area contributed by atoms with E-state index in [0.717, 1.165) is 57.8 Å². The molecule has 1 aromatic rings. The van der Waals surface area contributed by atoms with E-state index < -0.39 is 0 Å². The first-order chi connectivity index (χ1) is 10.3. The highest BCUT2D eigenvalue weighted by Crippen LogP contribution is 2.26. The zero-order chi connectivity index (χ0) is 14.7. The summed E-state index contributed by atoms with van der Waals surface area (Å²) in [5, 5.41) is 0. The fourth-order valence-corrected chi connectivity index (χ4v) is 3.33. The molecule has 2 heterocycles. The van der Waals surface area contributed by atoms with Gasteiger partial charge in [0.15, 0.2) is 0 Å². The van der Waals surface area contributed by atoms with Gasteiger partial charge in [0.25, 0.3) is 0 Å². The number of rotatable bonds is 3. The summed E-state index contributed by atoms with van der Waals surface area (Å²) in [4.78, 5) is 19.4. The number of hydrogen-bond donors (Lipinski definition) is 0. The van der Waals surface area contributed by atoms with Crippen molar-refractivity contribution < 1.29 is 4.79 Å². The van der Waals surface area contributed by atoms with Crippen LogP contribution in [0.4, 0.5) is 5.69 Å². The van der Waals surface area contributed by atoms with Crippen LogP contribution in [0, 0.1) is 0 Å². The lowest BCUT2D eigenvalue weighted by Crippen LogP contribution is -2.50. The van der Waals surface area contributed by atoms with Crippen molar-refractivity contribution >= 4 is 11.6 Å². The van der Waals surface area contributed by atoms with Crippen molar-refractivity contribution in [2.75, 3.05) is 50.7 Å². The normalized spacial score (nSPS) is 20.3. The molecule has 1 fully saturated rings. The number of piperazine rings is 1. The second kappa shape index (κ2) is 6.58. The lowest BCUT2D eigenvalue weighted by Gasteiger charge is -2.36. The van der Waals surface area contributed by atoms with Gasteiger partial charge in [-0.15, -0.1) is 0 Å². The highest BCUT2D eigenvalue weighted by molar-refractivity contribution is 5.95. The molecular formula is C17H25N3O. The Kier molecular flexibility index (Phi) is 4.56. The third-order valence-electron chi connectivity index (χ3n) is 4.68. The van der Waals surface area contributed by atoms with E-state index in [1.165, 1.54) is 5.56 Å². The molecule has 2 aliphatic heterocycles. The number of nitrogens with zero attached hydrogens (tertiary/aromatic N) is 3. The molecule has 2 aliphatic rings. The predicted octanol–water partition coefficient (Wildman–Crippen LogP) is 1.60. The van der Waals surface area contributed by atoms with Crippen LogP contribution in [-0.2, 0) is 11.2 Å². The average Bonchev–Trinajstić information content (AvgIpc) is 2.55. The van der Waals surface area contributed by atoms with Gasteiger partial charge in [-0.2, -0.15) is 0 Å². The summed E-state index contributed by atoms with van der Waals surface area (Å²) < 4.78 is 0. The molecular weight excluding hydrogens is 262 g/mol. The van der Waals surface area contributed by atoms with Gasteiger partial charge in [-0.25, -0.2) is 0 Å². The molecule has 114 valence electrons. The summed E-state index contributed by atoms with van der Waals surface area (Å²) in [7, 11) is 0. The van der Waals surface area contributed by atoms with Gasteiger partial charge in [0.1, 0.15) is 0 Å². The number of para-hydroxylation sites is 1. The lowest BCUT2D eigenvalue weighted by atomic mass is 10.0. The third kappa shape index (κ3) is 3.27. The van der Waals surface area contributed by atoms with Crippen molar-refractivity contribution in [3.05, 3.63) is 29.8 Å². The average molecular weight is 287 g/mol. The van der Waals surface area contributed by atoms with Crippen molar-refractivity contribution in [3.8, 4) is 0 Å². The number of carbonyl (C=O) groups is 1. The first-order valence-corrected chi connectivity index (χ1v) is 8.11. The molecule has 0 saturated carbocycles. The monoisotopic (exact) mass is 287 g/mol. The van der Waals surface area contributed by atoms with Crippen LogP contribution in [0.2, 0.25) is 0 Å². The minimum Gasteiger partial charge on any atom is -0.311 e. The topological polar surface area (TPSA) is 26.8 Å². The number of amides is 1. The Morgan fingerprint density at radius 3 is 2.52 bits per heavy atom. The number of carbonyl (C=O) groups excluding carboxylic acids is 1. The van der Waals surface area contributed by atoms with Gasteiger partial charge in [0, 0.05) is 38.4 Å². The molecule has 4 heteroatoms. The highest BCUT2D eigenvalue weighted by Gasteiger charge is 2.25. The van der Waals surface area contributed by atoms with Crippen molar-refractivity contribution in [2.24, 2.45) is 0 Å². The van der Waals surface area contributed by atoms with Crippen LogP contribution in [0.15, 0.2) is 24.3 Å². The minimum absolute atomic E-state index is 0.257. The van der Waals surface area contributed by atoms with Crippen molar-refractivity contribution in [1.29, 1.82) is 0 Å². The molecule has 0 bridgehead atoms. The summed E-state index contributed by atoms with van der Waals surface area (Å²) in [5.41, 5.74) is 2.44. The van der Waals surface area contributed by atoms with E-state index in [-0.39, 0.29) is 5.91 Å². The molecule has 0 N–H and O–H groups in total. The molecule has 4 nitrogen and oxygen atoms in total. The van der Waals surface area contributed by atoms with Crippen LogP contribution in [-0.4, -0.2) is 61.5 Å². The van der Waals surface area contributed by atoms with Crippen LogP contribution in [0.5, 0.6) is 0 Å². The first-order valence-electron chi connectivity index (χ1n) is 8.11. The number of likely N-dealkylation sites (N-methyl/N-ethyl adjacent to an activating group) is 1. The van der Waals surface area contributed by atoms with Gasteiger partial charge in [-0.05, 0) is 31.0 Å². The largest absolute Gasteiger partial charge is 0.311 e. The number of benzene rings is 1. The summed E-state index contributed by atoms with van der Waals surface area (Å²) >= 11 is 0. The van der Waals surface area contributed by atoms with Crippen LogP contribution >= 0.6 is 0 Å². The molecule has 0 aromatic heterocycles. The van der Waals surface area contributed by atoms with Gasteiger partial charge in [0.05, 0.1) is 6.54 Å². The van der Waals surface area contributed by atoms with Gasteiger partial charge >= 0.3 is 0 Å². The van der Waals surface area contributed by atoms with Crippen LogP contribution < -0.4 is 4.90 Å². The smallest absolute Gasteiger partial charge is 0.241 e. The van der Waals surface area contributed by atoms with Gasteiger partial charge < -0.3 is 9.80 Å². The van der Waals surface area contributed by atoms with E-state index in [4.69, 9.17) is 0 Å². The number of fused-ring (bicyclic) bond motifs is 1. The SMILES string of the molecule is CCN1CCN(CC(=O)N2CCCc3ccccc32)CC1. The second-order valence-corrected chi connectivity index (χ2v) is 5.99. The van der Waals surface area contributed by atoms with Crippen LogP contribution in [0.1, 0.15) is 18.9 Å². The van der Waals surface area contributed by atoms with Gasteiger partial charge in [-0.3, -0.25) is 9.69 Å². The Morgan fingerprint density at radius 2 is 1.76 bits per heavy atom. The van der Waals surface area contributed by atoms with Gasteiger partial charge in [0.2, 0.25) is 5.91 Å². The van der Waals surface area contributed by atoms with E-state index in [2.05, 4.69) is 34.9 Å². The Balaban J connectivity index is 1.62. The number of hydrogen-bond acceptors (Lipinski definition) is 3. The molecule has 0 unspecified atom stereocenters. The number of anilines is 1. The highest BCUT2D eigenvalue weighted by atomic mass is 16.2. The fourth-order valence-electron chi connectivity index (χ4n) is 3.33. The van der Waals surface area contributed by atoms with Crippen LogP contribution in [0.25, 0.3) is 0 Å². The molecule has 1 saturated heterocycles. The molecule has 1 aromatic carbocycles. The van der Waals surface area contributed by atoms with Crippen molar-refractivity contribution in [1.82, 2.24) is 9.80 Å². The van der Waals surface area contributed by atoms with E-state index in [1.54, 1.807) is 0 Å².